The van der Waals surface area contributed by atoms with Crippen LogP contribution < -0.4 is 0 Å². The normalized spacial score (nSPS) is 10.5. The van der Waals surface area contributed by atoms with Gasteiger partial charge < -0.3 is 4.74 Å². The predicted octanol–water partition coefficient (Wildman–Crippen LogP) is 3.29. The molecule has 0 radical (unpaired) electrons. The number of esters is 1. The Morgan fingerprint density at radius 3 is 2.80 bits per heavy atom. The Bertz CT molecular complexity index is 353. The maximum Gasteiger partial charge on any atom is 0.338 e. The average molecular weight is 204 g/mol. The van der Waals surface area contributed by atoms with Crippen molar-refractivity contribution in [1.29, 1.82) is 0 Å². The molecule has 0 saturated carbocycles. The van der Waals surface area contributed by atoms with Crippen LogP contribution in [0, 0.1) is 0 Å². The maximum atomic E-state index is 11.4. The number of rotatable bonds is 4. The van der Waals surface area contributed by atoms with Crippen molar-refractivity contribution in [3.05, 3.63) is 41.5 Å². The van der Waals surface area contributed by atoms with Crippen molar-refractivity contribution in [3.8, 4) is 0 Å². The van der Waals surface area contributed by atoms with Gasteiger partial charge in [-0.15, -0.1) is 0 Å². The standard InChI is InChI=1S/C13H16O2/c1-3-4-5-8-11-9-6-7-10-12(11)13(14)15-2/h5-10H,3-4H2,1-2H3/b8-5-. The molecule has 1 aromatic carbocycles. The molecular formula is C13H16O2. The first-order valence-corrected chi connectivity index (χ1v) is 5.13. The molecule has 0 spiro atoms. The first kappa shape index (κ1) is 11.5. The summed E-state index contributed by atoms with van der Waals surface area (Å²) >= 11 is 0. The van der Waals surface area contributed by atoms with E-state index in [0.717, 1.165) is 18.4 Å². The summed E-state index contributed by atoms with van der Waals surface area (Å²) in [6.45, 7) is 2.12. The van der Waals surface area contributed by atoms with Crippen molar-refractivity contribution in [2.24, 2.45) is 0 Å². The Morgan fingerprint density at radius 1 is 1.40 bits per heavy atom. The fourth-order valence-corrected chi connectivity index (χ4v) is 1.32. The van der Waals surface area contributed by atoms with Crippen LogP contribution in [0.1, 0.15) is 35.7 Å². The number of benzene rings is 1. The summed E-state index contributed by atoms with van der Waals surface area (Å²) in [6.07, 6.45) is 6.17. The molecule has 0 bridgehead atoms. The molecule has 0 aliphatic rings. The van der Waals surface area contributed by atoms with E-state index in [1.54, 1.807) is 6.07 Å². The van der Waals surface area contributed by atoms with Gasteiger partial charge in [-0.05, 0) is 18.1 Å². The largest absolute Gasteiger partial charge is 0.465 e. The molecule has 1 aromatic rings. The van der Waals surface area contributed by atoms with Crippen LogP contribution in [0.4, 0.5) is 0 Å². The molecule has 2 heteroatoms. The van der Waals surface area contributed by atoms with E-state index >= 15 is 0 Å². The van der Waals surface area contributed by atoms with Crippen LogP contribution in [0.25, 0.3) is 6.08 Å². The Balaban J connectivity index is 2.91. The van der Waals surface area contributed by atoms with Crippen LogP contribution in [0.2, 0.25) is 0 Å². The lowest BCUT2D eigenvalue weighted by Gasteiger charge is -2.02. The van der Waals surface area contributed by atoms with Gasteiger partial charge in [-0.3, -0.25) is 0 Å². The van der Waals surface area contributed by atoms with E-state index in [1.165, 1.54) is 7.11 Å². The molecule has 2 nitrogen and oxygen atoms in total. The van der Waals surface area contributed by atoms with E-state index in [1.807, 2.05) is 24.3 Å². The van der Waals surface area contributed by atoms with Crippen LogP contribution in [0.3, 0.4) is 0 Å². The van der Waals surface area contributed by atoms with Crippen LogP contribution >= 0.6 is 0 Å². The van der Waals surface area contributed by atoms with Gasteiger partial charge >= 0.3 is 5.97 Å². The fourth-order valence-electron chi connectivity index (χ4n) is 1.32. The van der Waals surface area contributed by atoms with Crippen molar-refractivity contribution in [1.82, 2.24) is 0 Å². The highest BCUT2D eigenvalue weighted by molar-refractivity contribution is 5.93. The smallest absolute Gasteiger partial charge is 0.338 e. The number of allylic oxidation sites excluding steroid dienone is 1. The number of methoxy groups -OCH3 is 1. The Morgan fingerprint density at radius 2 is 2.13 bits per heavy atom. The van der Waals surface area contributed by atoms with Gasteiger partial charge in [-0.25, -0.2) is 4.79 Å². The first-order valence-electron chi connectivity index (χ1n) is 5.13. The third-order valence-electron chi connectivity index (χ3n) is 2.12. The summed E-state index contributed by atoms with van der Waals surface area (Å²) in [5.74, 6) is -0.285. The number of hydrogen-bond donors (Lipinski definition) is 0. The lowest BCUT2D eigenvalue weighted by atomic mass is 10.1. The van der Waals surface area contributed by atoms with E-state index in [0.29, 0.717) is 5.56 Å². The van der Waals surface area contributed by atoms with Gasteiger partial charge in [0.05, 0.1) is 12.7 Å². The Hall–Kier alpha value is -1.57. The third kappa shape index (κ3) is 3.24. The summed E-state index contributed by atoms with van der Waals surface area (Å²) in [7, 11) is 1.40. The fraction of sp³-hybridized carbons (Fsp3) is 0.308. The van der Waals surface area contributed by atoms with Crippen molar-refractivity contribution in [2.45, 2.75) is 19.8 Å². The molecular weight excluding hydrogens is 188 g/mol. The van der Waals surface area contributed by atoms with Crippen molar-refractivity contribution >= 4 is 12.0 Å². The summed E-state index contributed by atoms with van der Waals surface area (Å²) in [6, 6.07) is 7.44. The van der Waals surface area contributed by atoms with Gasteiger partial charge in [0, 0.05) is 0 Å². The van der Waals surface area contributed by atoms with E-state index in [9.17, 15) is 4.79 Å². The lowest BCUT2D eigenvalue weighted by molar-refractivity contribution is 0.0600. The van der Waals surface area contributed by atoms with Gasteiger partial charge in [0.2, 0.25) is 0 Å². The van der Waals surface area contributed by atoms with E-state index in [4.69, 9.17) is 4.74 Å². The van der Waals surface area contributed by atoms with Crippen LogP contribution in [0.15, 0.2) is 30.3 Å². The van der Waals surface area contributed by atoms with Crippen LogP contribution in [-0.2, 0) is 4.74 Å². The highest BCUT2D eigenvalue weighted by atomic mass is 16.5. The molecule has 0 aliphatic heterocycles. The molecule has 0 unspecified atom stereocenters. The number of carbonyl (C=O) groups is 1. The number of carbonyl (C=O) groups excluding carboxylic acids is 1. The maximum absolute atomic E-state index is 11.4. The van der Waals surface area contributed by atoms with Crippen molar-refractivity contribution in [2.75, 3.05) is 7.11 Å². The third-order valence-corrected chi connectivity index (χ3v) is 2.12. The molecule has 0 fully saturated rings. The molecule has 0 saturated heterocycles. The molecule has 80 valence electrons. The number of ether oxygens (including phenoxy) is 1. The monoisotopic (exact) mass is 204 g/mol. The Kier molecular flexibility index (Phi) is 4.61. The minimum absolute atomic E-state index is 0.285. The topological polar surface area (TPSA) is 26.3 Å². The van der Waals surface area contributed by atoms with Crippen molar-refractivity contribution < 1.29 is 9.53 Å². The van der Waals surface area contributed by atoms with Gasteiger partial charge in [0.1, 0.15) is 0 Å². The highest BCUT2D eigenvalue weighted by Crippen LogP contribution is 2.12. The molecule has 0 atom stereocenters. The van der Waals surface area contributed by atoms with E-state index < -0.39 is 0 Å². The zero-order valence-electron chi connectivity index (χ0n) is 9.19. The lowest BCUT2D eigenvalue weighted by Crippen LogP contribution is -2.02. The number of hydrogen-bond acceptors (Lipinski definition) is 2. The highest BCUT2D eigenvalue weighted by Gasteiger charge is 2.07. The quantitative estimate of drug-likeness (QED) is 0.703. The SMILES string of the molecule is CCC/C=C\c1ccccc1C(=O)OC. The first-order chi connectivity index (χ1) is 7.29. The van der Waals surface area contributed by atoms with Crippen LogP contribution in [0.5, 0.6) is 0 Å². The predicted molar refractivity (Wildman–Crippen MR) is 61.7 cm³/mol. The minimum atomic E-state index is -0.285. The second-order valence-corrected chi connectivity index (χ2v) is 3.27. The minimum Gasteiger partial charge on any atom is -0.465 e. The molecule has 1 rings (SSSR count). The second kappa shape index (κ2) is 6.02. The summed E-state index contributed by atoms with van der Waals surface area (Å²) < 4.78 is 4.71. The summed E-state index contributed by atoms with van der Waals surface area (Å²) in [5, 5.41) is 0. The van der Waals surface area contributed by atoms with Crippen LogP contribution in [-0.4, -0.2) is 13.1 Å². The Labute approximate surface area is 90.6 Å². The van der Waals surface area contributed by atoms with Gasteiger partial charge in [-0.2, -0.15) is 0 Å². The molecule has 0 aromatic heterocycles. The second-order valence-electron chi connectivity index (χ2n) is 3.27. The van der Waals surface area contributed by atoms with Gasteiger partial charge in [-0.1, -0.05) is 43.7 Å². The van der Waals surface area contributed by atoms with Gasteiger partial charge in [0.15, 0.2) is 0 Å². The molecule has 0 heterocycles. The van der Waals surface area contributed by atoms with E-state index in [2.05, 4.69) is 13.0 Å². The molecule has 15 heavy (non-hydrogen) atoms. The molecule has 0 N–H and O–H groups in total. The average Bonchev–Trinajstić information content (AvgIpc) is 2.29. The molecule has 0 aliphatic carbocycles. The van der Waals surface area contributed by atoms with E-state index in [-0.39, 0.29) is 5.97 Å². The zero-order chi connectivity index (χ0) is 11.1. The summed E-state index contributed by atoms with van der Waals surface area (Å²) in [4.78, 5) is 11.4. The van der Waals surface area contributed by atoms with Gasteiger partial charge in [0.25, 0.3) is 0 Å². The zero-order valence-corrected chi connectivity index (χ0v) is 9.19. The summed E-state index contributed by atoms with van der Waals surface area (Å²) in [5.41, 5.74) is 1.53. The van der Waals surface area contributed by atoms with Crippen molar-refractivity contribution in [3.63, 3.8) is 0 Å². The number of unbranched alkanes of at least 4 members (excludes halogenated alkanes) is 1. The molecule has 0 amide bonds.